The molecule has 0 aliphatic heterocycles. The molecule has 0 aliphatic carbocycles. The number of aromatic nitrogens is 4. The van der Waals surface area contributed by atoms with E-state index in [2.05, 4.69) is 47.7 Å². The first kappa shape index (κ1) is 12.3. The Labute approximate surface area is 107 Å². The Kier molecular flexibility index (Phi) is 3.14. The van der Waals surface area contributed by atoms with Gasteiger partial charge in [0.2, 0.25) is 0 Å². The van der Waals surface area contributed by atoms with Crippen molar-refractivity contribution in [2.75, 3.05) is 5.32 Å². The predicted octanol–water partition coefficient (Wildman–Crippen LogP) is 2.81. The highest BCUT2D eigenvalue weighted by Gasteiger charge is 2.17. The zero-order valence-corrected chi connectivity index (χ0v) is 10.9. The van der Waals surface area contributed by atoms with Gasteiger partial charge in [0, 0.05) is 6.07 Å². The zero-order valence-electron chi connectivity index (χ0n) is 10.9. The Balaban J connectivity index is 2.29. The lowest BCUT2D eigenvalue weighted by Gasteiger charge is -2.22. The van der Waals surface area contributed by atoms with E-state index in [-0.39, 0.29) is 5.54 Å². The Morgan fingerprint density at radius 1 is 1.33 bits per heavy atom. The first-order valence-corrected chi connectivity index (χ1v) is 5.77. The van der Waals surface area contributed by atoms with Crippen molar-refractivity contribution in [2.24, 2.45) is 0 Å². The lowest BCUT2D eigenvalue weighted by atomic mass is 10.1. The van der Waals surface area contributed by atoms with Gasteiger partial charge >= 0.3 is 0 Å². The van der Waals surface area contributed by atoms with Crippen LogP contribution in [0.1, 0.15) is 26.5 Å². The summed E-state index contributed by atoms with van der Waals surface area (Å²) >= 11 is 0. The van der Waals surface area contributed by atoms with E-state index >= 15 is 0 Å². The third-order valence-electron chi connectivity index (χ3n) is 2.40. The van der Waals surface area contributed by atoms with Crippen molar-refractivity contribution in [1.29, 1.82) is 0 Å². The average molecular weight is 243 g/mol. The first-order chi connectivity index (χ1) is 8.50. The van der Waals surface area contributed by atoms with Crippen LogP contribution in [0.25, 0.3) is 6.08 Å². The van der Waals surface area contributed by atoms with Gasteiger partial charge in [-0.2, -0.15) is 5.10 Å². The molecule has 0 aromatic carbocycles. The molecule has 0 atom stereocenters. The number of anilines is 2. The topological polar surface area (TPSA) is 55.6 Å². The van der Waals surface area contributed by atoms with Gasteiger partial charge in [0.1, 0.15) is 5.82 Å². The molecule has 0 bridgehead atoms. The maximum Gasteiger partial charge on any atom is 0.150 e. The molecule has 2 heterocycles. The van der Waals surface area contributed by atoms with Crippen molar-refractivity contribution >= 4 is 17.7 Å². The summed E-state index contributed by atoms with van der Waals surface area (Å²) in [6, 6.07) is 1.91. The first-order valence-electron chi connectivity index (χ1n) is 5.77. The van der Waals surface area contributed by atoms with E-state index in [4.69, 9.17) is 0 Å². The van der Waals surface area contributed by atoms with Gasteiger partial charge in [0.25, 0.3) is 0 Å². The maximum absolute atomic E-state index is 4.36. The highest BCUT2D eigenvalue weighted by atomic mass is 15.4. The van der Waals surface area contributed by atoms with E-state index in [0.29, 0.717) is 5.82 Å². The van der Waals surface area contributed by atoms with Crippen LogP contribution < -0.4 is 5.32 Å². The third-order valence-corrected chi connectivity index (χ3v) is 2.40. The van der Waals surface area contributed by atoms with Gasteiger partial charge in [-0.15, -0.1) is 0 Å². The molecule has 94 valence electrons. The molecule has 5 heteroatoms. The van der Waals surface area contributed by atoms with Crippen LogP contribution in [-0.2, 0) is 5.54 Å². The molecule has 0 aliphatic rings. The van der Waals surface area contributed by atoms with E-state index in [1.165, 1.54) is 0 Å². The van der Waals surface area contributed by atoms with Gasteiger partial charge in [-0.1, -0.05) is 6.58 Å². The molecule has 0 spiro atoms. The van der Waals surface area contributed by atoms with Crippen LogP contribution in [0.15, 0.2) is 31.2 Å². The fraction of sp³-hybridized carbons (Fsp3) is 0.308. The number of rotatable bonds is 3. The van der Waals surface area contributed by atoms with E-state index < -0.39 is 0 Å². The molecule has 2 rings (SSSR count). The molecule has 1 N–H and O–H groups in total. The molecular formula is C13H17N5. The molecule has 2 aromatic heterocycles. The highest BCUT2D eigenvalue weighted by molar-refractivity contribution is 5.53. The molecule has 0 saturated heterocycles. The van der Waals surface area contributed by atoms with Crippen molar-refractivity contribution < 1.29 is 0 Å². The second kappa shape index (κ2) is 4.60. The summed E-state index contributed by atoms with van der Waals surface area (Å²) in [5, 5.41) is 7.52. The Hall–Kier alpha value is -2.17. The fourth-order valence-electron chi connectivity index (χ4n) is 1.60. The van der Waals surface area contributed by atoms with Crippen molar-refractivity contribution in [3.8, 4) is 0 Å². The quantitative estimate of drug-likeness (QED) is 0.900. The van der Waals surface area contributed by atoms with E-state index in [1.807, 2.05) is 10.7 Å². The van der Waals surface area contributed by atoms with E-state index in [0.717, 1.165) is 11.5 Å². The lowest BCUT2D eigenvalue weighted by molar-refractivity contribution is 0.361. The van der Waals surface area contributed by atoms with Gasteiger partial charge in [0.05, 0.1) is 29.8 Å². The van der Waals surface area contributed by atoms with Crippen LogP contribution in [0.5, 0.6) is 0 Å². The molecule has 0 fully saturated rings. The van der Waals surface area contributed by atoms with Crippen LogP contribution in [0.3, 0.4) is 0 Å². The number of hydrogen-bond donors (Lipinski definition) is 1. The third kappa shape index (κ3) is 2.56. The highest BCUT2D eigenvalue weighted by Crippen LogP contribution is 2.21. The maximum atomic E-state index is 4.36. The minimum absolute atomic E-state index is 0.0880. The van der Waals surface area contributed by atoms with Gasteiger partial charge in [-0.05, 0) is 26.8 Å². The average Bonchev–Trinajstić information content (AvgIpc) is 2.77. The second-order valence-corrected chi connectivity index (χ2v) is 4.96. The van der Waals surface area contributed by atoms with Crippen LogP contribution in [0, 0.1) is 0 Å². The molecular weight excluding hydrogens is 226 g/mol. The summed E-state index contributed by atoms with van der Waals surface area (Å²) in [5.41, 5.74) is 0.650. The van der Waals surface area contributed by atoms with Crippen molar-refractivity contribution in [3.05, 3.63) is 36.9 Å². The normalized spacial score (nSPS) is 11.3. The summed E-state index contributed by atoms with van der Waals surface area (Å²) < 4.78 is 1.91. The van der Waals surface area contributed by atoms with Crippen LogP contribution in [0.4, 0.5) is 11.6 Å². The Bertz CT molecular complexity index is 551. The number of hydrogen-bond acceptors (Lipinski definition) is 4. The minimum Gasteiger partial charge on any atom is -0.324 e. The summed E-state index contributed by atoms with van der Waals surface area (Å²) in [4.78, 5) is 8.46. The monoisotopic (exact) mass is 243 g/mol. The van der Waals surface area contributed by atoms with Crippen molar-refractivity contribution in [1.82, 2.24) is 19.7 Å². The van der Waals surface area contributed by atoms with Crippen LogP contribution in [0.2, 0.25) is 0 Å². The summed E-state index contributed by atoms with van der Waals surface area (Å²) in [6.45, 7) is 9.96. The zero-order chi connectivity index (χ0) is 13.2. The second-order valence-electron chi connectivity index (χ2n) is 4.96. The van der Waals surface area contributed by atoms with Crippen molar-refractivity contribution in [2.45, 2.75) is 26.3 Å². The number of nitrogens with one attached hydrogen (secondary N) is 1. The Morgan fingerprint density at radius 2 is 2.11 bits per heavy atom. The number of nitrogens with zero attached hydrogens (tertiary/aromatic N) is 4. The minimum atomic E-state index is -0.0880. The summed E-state index contributed by atoms with van der Waals surface area (Å²) in [7, 11) is 0. The van der Waals surface area contributed by atoms with Gasteiger partial charge in [0.15, 0.2) is 5.82 Å². The summed E-state index contributed by atoms with van der Waals surface area (Å²) in [6.07, 6.45) is 6.77. The summed E-state index contributed by atoms with van der Waals surface area (Å²) in [5.74, 6) is 1.57. The fourth-order valence-corrected chi connectivity index (χ4v) is 1.60. The molecule has 0 unspecified atom stereocenters. The standard InChI is InChI=1S/C13H17N5/c1-5-10-8-14-9-11(16-10)17-12-6-7-15-18(12)13(2,3)4/h5-9H,1H2,2-4H3,(H,16,17). The molecule has 5 nitrogen and oxygen atoms in total. The molecule has 0 amide bonds. The molecule has 0 radical (unpaired) electrons. The van der Waals surface area contributed by atoms with Crippen LogP contribution >= 0.6 is 0 Å². The predicted molar refractivity (Wildman–Crippen MR) is 72.6 cm³/mol. The molecule has 18 heavy (non-hydrogen) atoms. The van der Waals surface area contributed by atoms with Gasteiger partial charge in [-0.3, -0.25) is 4.98 Å². The lowest BCUT2D eigenvalue weighted by Crippen LogP contribution is -2.24. The SMILES string of the molecule is C=Cc1cncc(Nc2ccnn2C(C)(C)C)n1. The van der Waals surface area contributed by atoms with E-state index in [9.17, 15) is 0 Å². The molecule has 2 aromatic rings. The van der Waals surface area contributed by atoms with Gasteiger partial charge in [-0.25, -0.2) is 9.67 Å². The largest absolute Gasteiger partial charge is 0.324 e. The smallest absolute Gasteiger partial charge is 0.150 e. The van der Waals surface area contributed by atoms with Crippen molar-refractivity contribution in [3.63, 3.8) is 0 Å². The Morgan fingerprint density at radius 3 is 2.78 bits per heavy atom. The van der Waals surface area contributed by atoms with E-state index in [1.54, 1.807) is 24.7 Å². The van der Waals surface area contributed by atoms with Crippen LogP contribution in [-0.4, -0.2) is 19.7 Å². The molecule has 0 saturated carbocycles. The van der Waals surface area contributed by atoms with Gasteiger partial charge < -0.3 is 5.32 Å².